The third-order valence-electron chi connectivity index (χ3n) is 3.36. The van der Waals surface area contributed by atoms with Crippen LogP contribution in [0.25, 0.3) is 0 Å². The third-order valence-corrected chi connectivity index (χ3v) is 4.39. The first kappa shape index (κ1) is 18.3. The third kappa shape index (κ3) is 5.53. The zero-order chi connectivity index (χ0) is 17.5. The first-order chi connectivity index (χ1) is 11.5. The molecule has 0 saturated heterocycles. The van der Waals surface area contributed by atoms with Crippen LogP contribution < -0.4 is 4.74 Å². The largest absolute Gasteiger partial charge is 0.492 e. The van der Waals surface area contributed by atoms with E-state index in [-0.39, 0.29) is 16.6 Å². The number of rotatable bonds is 7. The van der Waals surface area contributed by atoms with Crippen molar-refractivity contribution >= 4 is 17.7 Å². The van der Waals surface area contributed by atoms with Crippen molar-refractivity contribution in [2.24, 2.45) is 0 Å². The fraction of sp³-hybridized carbons (Fsp3) is 0.278. The van der Waals surface area contributed by atoms with Crippen LogP contribution >= 0.6 is 11.8 Å². The molecular formula is C18H19F2NO2S. The number of hydrogen-bond donors (Lipinski definition) is 0. The Morgan fingerprint density at radius 1 is 1.21 bits per heavy atom. The molecule has 128 valence electrons. The SMILES string of the molecule is Cc1cccc(OCCN(C)C(=O)CSc2ccc(F)cc2F)c1. The lowest BCUT2D eigenvalue weighted by molar-refractivity contribution is -0.127. The van der Waals surface area contributed by atoms with Gasteiger partial charge >= 0.3 is 0 Å². The summed E-state index contributed by atoms with van der Waals surface area (Å²) in [6, 6.07) is 11.0. The Kier molecular flexibility index (Phi) is 6.61. The van der Waals surface area contributed by atoms with Crippen LogP contribution in [0, 0.1) is 18.6 Å². The van der Waals surface area contributed by atoms with E-state index in [1.807, 2.05) is 31.2 Å². The van der Waals surface area contributed by atoms with Crippen LogP contribution in [0.4, 0.5) is 8.78 Å². The average molecular weight is 351 g/mol. The fourth-order valence-electron chi connectivity index (χ4n) is 1.97. The quantitative estimate of drug-likeness (QED) is 0.709. The van der Waals surface area contributed by atoms with Crippen LogP contribution in [0.2, 0.25) is 0 Å². The fourth-order valence-corrected chi connectivity index (χ4v) is 2.83. The highest BCUT2D eigenvalue weighted by atomic mass is 32.2. The highest BCUT2D eigenvalue weighted by Gasteiger charge is 2.12. The molecule has 2 aromatic rings. The van der Waals surface area contributed by atoms with Crippen LogP contribution in [0.5, 0.6) is 5.75 Å². The molecule has 0 aliphatic heterocycles. The van der Waals surface area contributed by atoms with Crippen molar-refractivity contribution in [3.63, 3.8) is 0 Å². The van der Waals surface area contributed by atoms with Crippen LogP contribution in [0.1, 0.15) is 5.56 Å². The summed E-state index contributed by atoms with van der Waals surface area (Å²) in [6.07, 6.45) is 0. The second kappa shape index (κ2) is 8.68. The van der Waals surface area contributed by atoms with Gasteiger partial charge in [-0.2, -0.15) is 0 Å². The second-order valence-electron chi connectivity index (χ2n) is 5.34. The molecule has 0 saturated carbocycles. The van der Waals surface area contributed by atoms with Crippen molar-refractivity contribution in [3.05, 3.63) is 59.7 Å². The van der Waals surface area contributed by atoms with E-state index in [0.29, 0.717) is 13.2 Å². The molecule has 0 heterocycles. The van der Waals surface area contributed by atoms with E-state index >= 15 is 0 Å². The highest BCUT2D eigenvalue weighted by molar-refractivity contribution is 8.00. The van der Waals surface area contributed by atoms with Gasteiger partial charge in [0.2, 0.25) is 5.91 Å². The Labute approximate surface area is 144 Å². The van der Waals surface area contributed by atoms with Crippen molar-refractivity contribution < 1.29 is 18.3 Å². The predicted molar refractivity (Wildman–Crippen MR) is 91.4 cm³/mol. The lowest BCUT2D eigenvalue weighted by Gasteiger charge is -2.17. The summed E-state index contributed by atoms with van der Waals surface area (Å²) in [4.78, 5) is 13.8. The van der Waals surface area contributed by atoms with E-state index in [0.717, 1.165) is 29.1 Å². The van der Waals surface area contributed by atoms with E-state index in [4.69, 9.17) is 4.74 Å². The minimum Gasteiger partial charge on any atom is -0.492 e. The number of carbonyl (C=O) groups excluding carboxylic acids is 1. The zero-order valence-electron chi connectivity index (χ0n) is 13.6. The maximum atomic E-state index is 13.5. The Hall–Kier alpha value is -2.08. The molecule has 0 fully saturated rings. The van der Waals surface area contributed by atoms with Gasteiger partial charge in [0.05, 0.1) is 12.3 Å². The van der Waals surface area contributed by atoms with Crippen molar-refractivity contribution in [1.82, 2.24) is 4.90 Å². The molecule has 0 unspecified atom stereocenters. The maximum Gasteiger partial charge on any atom is 0.232 e. The van der Waals surface area contributed by atoms with Crippen molar-refractivity contribution in [3.8, 4) is 5.75 Å². The molecule has 0 aromatic heterocycles. The molecule has 0 aliphatic rings. The molecule has 24 heavy (non-hydrogen) atoms. The highest BCUT2D eigenvalue weighted by Crippen LogP contribution is 2.22. The Morgan fingerprint density at radius 2 is 2.00 bits per heavy atom. The molecule has 0 bridgehead atoms. The molecule has 0 N–H and O–H groups in total. The normalized spacial score (nSPS) is 10.5. The van der Waals surface area contributed by atoms with Gasteiger partial charge in [-0.25, -0.2) is 8.78 Å². The minimum absolute atomic E-state index is 0.0868. The number of aryl methyl sites for hydroxylation is 1. The van der Waals surface area contributed by atoms with Gasteiger partial charge in [0, 0.05) is 18.0 Å². The zero-order valence-corrected chi connectivity index (χ0v) is 14.4. The summed E-state index contributed by atoms with van der Waals surface area (Å²) in [5.74, 6) is -0.578. The number of nitrogens with zero attached hydrogens (tertiary/aromatic N) is 1. The summed E-state index contributed by atoms with van der Waals surface area (Å²) in [5.41, 5.74) is 1.11. The molecule has 0 radical (unpaired) electrons. The van der Waals surface area contributed by atoms with Gasteiger partial charge in [0.1, 0.15) is 24.0 Å². The molecular weight excluding hydrogens is 332 g/mol. The first-order valence-electron chi connectivity index (χ1n) is 7.47. The van der Waals surface area contributed by atoms with E-state index < -0.39 is 11.6 Å². The van der Waals surface area contributed by atoms with E-state index in [1.54, 1.807) is 7.05 Å². The van der Waals surface area contributed by atoms with Crippen LogP contribution in [0.3, 0.4) is 0 Å². The Balaban J connectivity index is 1.75. The first-order valence-corrected chi connectivity index (χ1v) is 8.45. The topological polar surface area (TPSA) is 29.5 Å². The van der Waals surface area contributed by atoms with Crippen molar-refractivity contribution in [1.29, 1.82) is 0 Å². The summed E-state index contributed by atoms with van der Waals surface area (Å²) >= 11 is 1.05. The van der Waals surface area contributed by atoms with Crippen LogP contribution in [0.15, 0.2) is 47.4 Å². The lowest BCUT2D eigenvalue weighted by atomic mass is 10.2. The Bertz CT molecular complexity index is 709. The van der Waals surface area contributed by atoms with Gasteiger partial charge < -0.3 is 9.64 Å². The smallest absolute Gasteiger partial charge is 0.232 e. The number of benzene rings is 2. The van der Waals surface area contributed by atoms with E-state index in [9.17, 15) is 13.6 Å². The molecule has 0 atom stereocenters. The molecule has 2 rings (SSSR count). The van der Waals surface area contributed by atoms with Gasteiger partial charge in [0.25, 0.3) is 0 Å². The number of hydrogen-bond acceptors (Lipinski definition) is 3. The molecule has 3 nitrogen and oxygen atoms in total. The number of amides is 1. The van der Waals surface area contributed by atoms with Gasteiger partial charge in [-0.1, -0.05) is 12.1 Å². The summed E-state index contributed by atoms with van der Waals surface area (Å²) < 4.78 is 32.0. The summed E-state index contributed by atoms with van der Waals surface area (Å²) in [6.45, 7) is 2.79. The average Bonchev–Trinajstić information content (AvgIpc) is 2.53. The molecule has 1 amide bonds. The van der Waals surface area contributed by atoms with Crippen molar-refractivity contribution in [2.45, 2.75) is 11.8 Å². The van der Waals surface area contributed by atoms with Crippen LogP contribution in [-0.2, 0) is 4.79 Å². The van der Waals surface area contributed by atoms with E-state index in [2.05, 4.69) is 0 Å². The van der Waals surface area contributed by atoms with Gasteiger partial charge in [-0.05, 0) is 36.8 Å². The number of ether oxygens (including phenoxy) is 1. The van der Waals surface area contributed by atoms with Crippen LogP contribution in [-0.4, -0.2) is 36.8 Å². The standard InChI is InChI=1S/C18H19F2NO2S/c1-13-4-3-5-15(10-13)23-9-8-21(2)18(22)12-24-17-7-6-14(19)11-16(17)20/h3-7,10-11H,8-9,12H2,1-2H3. The molecule has 6 heteroatoms. The van der Waals surface area contributed by atoms with Gasteiger partial charge in [0.15, 0.2) is 0 Å². The lowest BCUT2D eigenvalue weighted by Crippen LogP contribution is -2.32. The molecule has 2 aromatic carbocycles. The van der Waals surface area contributed by atoms with Crippen molar-refractivity contribution in [2.75, 3.05) is 26.0 Å². The predicted octanol–water partition coefficient (Wildman–Crippen LogP) is 3.90. The summed E-state index contributed by atoms with van der Waals surface area (Å²) in [7, 11) is 1.67. The number of halogens is 2. The number of carbonyl (C=O) groups is 1. The van der Waals surface area contributed by atoms with E-state index in [1.165, 1.54) is 17.0 Å². The number of thioether (sulfide) groups is 1. The maximum absolute atomic E-state index is 13.5. The van der Waals surface area contributed by atoms with Gasteiger partial charge in [-0.3, -0.25) is 4.79 Å². The monoisotopic (exact) mass is 351 g/mol. The van der Waals surface area contributed by atoms with Gasteiger partial charge in [-0.15, -0.1) is 11.8 Å². The molecule has 0 aliphatic carbocycles. The molecule has 0 spiro atoms. The number of likely N-dealkylation sites (N-methyl/N-ethyl adjacent to an activating group) is 1. The minimum atomic E-state index is -0.654. The Morgan fingerprint density at radius 3 is 2.71 bits per heavy atom. The summed E-state index contributed by atoms with van der Waals surface area (Å²) in [5, 5.41) is 0. The second-order valence-corrected chi connectivity index (χ2v) is 6.36.